The number of ether oxygens (including phenoxy) is 2. The van der Waals surface area contributed by atoms with Crippen molar-refractivity contribution in [2.45, 2.75) is 64.2 Å². The van der Waals surface area contributed by atoms with Gasteiger partial charge in [0.05, 0.1) is 6.10 Å². The molecule has 1 saturated heterocycles. The second-order valence-electron chi connectivity index (χ2n) is 9.72. The SMILES string of the molecule is CC[C@H](C)C(NB(C)O)C(=O)OC[C@H]1O[C@@H](n2cnc(C(N)=O)n2)[C@@H]2CC(c3ccccc3)CC21. The molecule has 3 unspecified atom stereocenters. The van der Waals surface area contributed by atoms with Crippen molar-refractivity contribution in [3.05, 3.63) is 48.0 Å². The van der Waals surface area contributed by atoms with Gasteiger partial charge < -0.3 is 25.5 Å². The summed E-state index contributed by atoms with van der Waals surface area (Å²) in [5.74, 6) is -0.549. The zero-order valence-corrected chi connectivity index (χ0v) is 20.4. The monoisotopic (exact) mass is 483 g/mol. The summed E-state index contributed by atoms with van der Waals surface area (Å²) in [6, 6.07) is 9.74. The molecule has 1 saturated carbocycles. The molecule has 2 aliphatic rings. The van der Waals surface area contributed by atoms with Crippen LogP contribution in [0.15, 0.2) is 36.7 Å². The molecule has 2 heterocycles. The number of rotatable bonds is 10. The maximum Gasteiger partial charge on any atom is 0.374 e. The fourth-order valence-corrected chi connectivity index (χ4v) is 5.38. The maximum atomic E-state index is 12.9. The van der Waals surface area contributed by atoms with E-state index in [1.807, 2.05) is 32.0 Å². The smallest absolute Gasteiger partial charge is 0.374 e. The molecule has 0 radical (unpaired) electrons. The minimum Gasteiger partial charge on any atom is -0.462 e. The van der Waals surface area contributed by atoms with E-state index in [0.29, 0.717) is 5.92 Å². The van der Waals surface area contributed by atoms with Gasteiger partial charge in [-0.25, -0.2) is 9.67 Å². The van der Waals surface area contributed by atoms with Gasteiger partial charge in [0.1, 0.15) is 19.0 Å². The third kappa shape index (κ3) is 5.57. The van der Waals surface area contributed by atoms with Crippen molar-refractivity contribution in [1.29, 1.82) is 0 Å². The molecule has 1 amide bonds. The lowest BCUT2D eigenvalue weighted by molar-refractivity contribution is -0.153. The first-order chi connectivity index (χ1) is 16.8. The molecule has 11 heteroatoms. The normalized spacial score (nSPS) is 27.3. The Morgan fingerprint density at radius 3 is 2.66 bits per heavy atom. The number of benzene rings is 1. The maximum absolute atomic E-state index is 12.9. The molecule has 1 aliphatic carbocycles. The zero-order chi connectivity index (χ0) is 25.1. The van der Waals surface area contributed by atoms with Crippen LogP contribution in [-0.2, 0) is 14.3 Å². The number of nitrogens with one attached hydrogen (secondary N) is 1. The van der Waals surface area contributed by atoms with Crippen LogP contribution < -0.4 is 11.0 Å². The van der Waals surface area contributed by atoms with Crippen molar-refractivity contribution in [2.24, 2.45) is 23.5 Å². The summed E-state index contributed by atoms with van der Waals surface area (Å²) in [5, 5.41) is 16.9. The molecule has 35 heavy (non-hydrogen) atoms. The number of amides is 1. The van der Waals surface area contributed by atoms with E-state index in [4.69, 9.17) is 15.2 Å². The second kappa shape index (κ2) is 10.9. The topological polar surface area (TPSA) is 142 Å². The number of esters is 1. The lowest BCUT2D eigenvalue weighted by Gasteiger charge is -2.25. The van der Waals surface area contributed by atoms with Gasteiger partial charge in [0.2, 0.25) is 5.82 Å². The summed E-state index contributed by atoms with van der Waals surface area (Å²) in [6.45, 7) is 5.62. The molecule has 7 atom stereocenters. The van der Waals surface area contributed by atoms with Crippen LogP contribution in [-0.4, -0.2) is 57.5 Å². The molecule has 0 spiro atoms. The minimum absolute atomic E-state index is 0.00148. The van der Waals surface area contributed by atoms with E-state index < -0.39 is 31.2 Å². The van der Waals surface area contributed by atoms with Crippen molar-refractivity contribution >= 4 is 18.9 Å². The first kappa shape index (κ1) is 25.3. The molecular weight excluding hydrogens is 449 g/mol. The number of nitrogens with two attached hydrogens (primary N) is 1. The minimum atomic E-state index is -0.828. The highest BCUT2D eigenvalue weighted by Crippen LogP contribution is 2.54. The van der Waals surface area contributed by atoms with Crippen molar-refractivity contribution in [1.82, 2.24) is 20.0 Å². The zero-order valence-electron chi connectivity index (χ0n) is 20.4. The van der Waals surface area contributed by atoms with E-state index >= 15 is 0 Å². The van der Waals surface area contributed by atoms with Crippen molar-refractivity contribution in [2.75, 3.05) is 6.61 Å². The average molecular weight is 483 g/mol. The molecule has 1 aliphatic heterocycles. The summed E-state index contributed by atoms with van der Waals surface area (Å²) in [4.78, 5) is 28.4. The quantitative estimate of drug-likeness (QED) is 0.343. The van der Waals surface area contributed by atoms with E-state index in [2.05, 4.69) is 27.4 Å². The fourth-order valence-electron chi connectivity index (χ4n) is 5.38. The largest absolute Gasteiger partial charge is 0.462 e. The molecule has 4 rings (SSSR count). The number of nitrogens with zero attached hydrogens (tertiary/aromatic N) is 3. The van der Waals surface area contributed by atoms with Crippen LogP contribution in [0.2, 0.25) is 6.82 Å². The van der Waals surface area contributed by atoms with Gasteiger partial charge in [0.15, 0.2) is 6.23 Å². The number of primary amides is 1. The molecule has 188 valence electrons. The van der Waals surface area contributed by atoms with Crippen molar-refractivity contribution in [3.63, 3.8) is 0 Å². The molecule has 2 aromatic rings. The van der Waals surface area contributed by atoms with Gasteiger partial charge in [0.25, 0.3) is 5.91 Å². The van der Waals surface area contributed by atoms with Crippen LogP contribution in [0.3, 0.4) is 0 Å². The third-order valence-corrected chi connectivity index (χ3v) is 7.36. The Labute approximate surface area is 205 Å². The standard InChI is InChI=1S/C24H34BN5O5/c1-4-14(2)20(28-25(3)33)24(32)34-12-19-17-10-16(15-8-6-5-7-9-15)11-18(17)23(35-19)30-13-27-22(29-30)21(26)31/h5-9,13-14,16-20,23,28,33H,4,10-12H2,1-3H3,(H2,26,31)/t14-,16?,17?,18+,19+,20?,23+/m0/s1. The van der Waals surface area contributed by atoms with Gasteiger partial charge in [0, 0.05) is 5.92 Å². The first-order valence-electron chi connectivity index (χ1n) is 12.3. The van der Waals surface area contributed by atoms with Crippen LogP contribution in [0, 0.1) is 17.8 Å². The third-order valence-electron chi connectivity index (χ3n) is 7.36. The van der Waals surface area contributed by atoms with Crippen LogP contribution >= 0.6 is 0 Å². The molecule has 10 nitrogen and oxygen atoms in total. The number of carbonyl (C=O) groups is 2. The highest BCUT2D eigenvalue weighted by Gasteiger charge is 2.52. The Balaban J connectivity index is 1.51. The molecule has 4 N–H and O–H groups in total. The van der Waals surface area contributed by atoms with Gasteiger partial charge in [-0.05, 0) is 43.0 Å². The lowest BCUT2D eigenvalue weighted by Crippen LogP contribution is -2.49. The number of aromatic nitrogens is 3. The van der Waals surface area contributed by atoms with Crippen molar-refractivity contribution in [3.8, 4) is 0 Å². The molecule has 1 aromatic heterocycles. The molecule has 0 bridgehead atoms. The Kier molecular flexibility index (Phi) is 7.88. The summed E-state index contributed by atoms with van der Waals surface area (Å²) >= 11 is 0. The Morgan fingerprint density at radius 1 is 1.31 bits per heavy atom. The number of fused-ring (bicyclic) bond motifs is 1. The molecule has 2 fully saturated rings. The van der Waals surface area contributed by atoms with Crippen LogP contribution in [0.25, 0.3) is 0 Å². The Bertz CT molecular complexity index is 1020. The second-order valence-corrected chi connectivity index (χ2v) is 9.72. The molecular formula is C24H34BN5O5. The highest BCUT2D eigenvalue weighted by atomic mass is 16.6. The fraction of sp³-hybridized carbons (Fsp3) is 0.583. The summed E-state index contributed by atoms with van der Waals surface area (Å²) in [6.07, 6.45) is 3.25. The van der Waals surface area contributed by atoms with Crippen LogP contribution in [0.1, 0.15) is 61.4 Å². The van der Waals surface area contributed by atoms with Crippen molar-refractivity contribution < 1.29 is 24.1 Å². The average Bonchev–Trinajstić information content (AvgIpc) is 3.57. The van der Waals surface area contributed by atoms with E-state index in [1.54, 1.807) is 11.5 Å². The predicted molar refractivity (Wildman–Crippen MR) is 129 cm³/mol. The van der Waals surface area contributed by atoms with E-state index in [0.717, 1.165) is 19.3 Å². The van der Waals surface area contributed by atoms with E-state index in [-0.39, 0.29) is 36.3 Å². The summed E-state index contributed by atoms with van der Waals surface area (Å²) in [7, 11) is -0.828. The van der Waals surface area contributed by atoms with Gasteiger partial charge in [-0.15, -0.1) is 5.10 Å². The predicted octanol–water partition coefficient (Wildman–Crippen LogP) is 1.74. The summed E-state index contributed by atoms with van der Waals surface area (Å²) in [5.41, 5.74) is 6.61. The van der Waals surface area contributed by atoms with Gasteiger partial charge in [-0.1, -0.05) is 50.6 Å². The highest BCUT2D eigenvalue weighted by molar-refractivity contribution is 6.46. The number of hydrogen-bond acceptors (Lipinski definition) is 8. The van der Waals surface area contributed by atoms with Gasteiger partial charge in [-0.2, -0.15) is 0 Å². The number of hydrogen-bond donors (Lipinski definition) is 3. The van der Waals surface area contributed by atoms with E-state index in [1.165, 1.54) is 11.9 Å². The Morgan fingerprint density at radius 2 is 2.03 bits per heavy atom. The van der Waals surface area contributed by atoms with Crippen LogP contribution in [0.4, 0.5) is 0 Å². The van der Waals surface area contributed by atoms with E-state index in [9.17, 15) is 14.6 Å². The molecule has 1 aromatic carbocycles. The number of carbonyl (C=O) groups excluding carboxylic acids is 2. The Hall–Kier alpha value is -2.76. The van der Waals surface area contributed by atoms with Gasteiger partial charge in [-0.3, -0.25) is 9.59 Å². The van der Waals surface area contributed by atoms with Gasteiger partial charge >= 0.3 is 13.0 Å². The summed E-state index contributed by atoms with van der Waals surface area (Å²) < 4.78 is 13.6. The first-order valence-corrected chi connectivity index (χ1v) is 12.3. The van der Waals surface area contributed by atoms with Crippen LogP contribution in [0.5, 0.6) is 0 Å². The lowest BCUT2D eigenvalue weighted by atomic mass is 9.84.